The number of nitrogen functional groups attached to an aromatic ring is 2. The normalized spacial score (nSPS) is 11.6. The van der Waals surface area contributed by atoms with Crippen LogP contribution in [0.25, 0.3) is 11.2 Å². The molecule has 0 saturated heterocycles. The van der Waals surface area contributed by atoms with E-state index < -0.39 is 23.9 Å². The molecule has 172 valence electrons. The van der Waals surface area contributed by atoms with Gasteiger partial charge in [-0.3, -0.25) is 9.59 Å². The van der Waals surface area contributed by atoms with Gasteiger partial charge in [0.25, 0.3) is 5.91 Å². The number of hydrogen-bond donors (Lipinski definition) is 6. The molecular formula is C20H22N8O5. The lowest BCUT2D eigenvalue weighted by atomic mass is 10.1. The van der Waals surface area contributed by atoms with E-state index in [4.69, 9.17) is 21.7 Å². The van der Waals surface area contributed by atoms with Crippen LogP contribution in [0.5, 0.6) is 0 Å². The van der Waals surface area contributed by atoms with E-state index in [9.17, 15) is 14.4 Å². The fraction of sp³-hybridized carbons (Fsp3) is 0.250. The maximum Gasteiger partial charge on any atom is 0.326 e. The smallest absolute Gasteiger partial charge is 0.326 e. The van der Waals surface area contributed by atoms with Gasteiger partial charge in [0.2, 0.25) is 5.95 Å². The fourth-order valence-corrected chi connectivity index (χ4v) is 2.94. The highest BCUT2D eigenvalue weighted by atomic mass is 16.4. The zero-order chi connectivity index (χ0) is 24.0. The van der Waals surface area contributed by atoms with E-state index in [1.807, 2.05) is 0 Å². The number of anilines is 3. The zero-order valence-electron chi connectivity index (χ0n) is 17.4. The van der Waals surface area contributed by atoms with Crippen LogP contribution in [0, 0.1) is 0 Å². The number of nitrogens with one attached hydrogen (secondary N) is 2. The molecule has 13 heteroatoms. The monoisotopic (exact) mass is 454 g/mol. The number of aromatic nitrogens is 4. The molecule has 2 aromatic heterocycles. The fourth-order valence-electron chi connectivity index (χ4n) is 2.94. The number of benzene rings is 1. The van der Waals surface area contributed by atoms with Crippen molar-refractivity contribution in [3.8, 4) is 0 Å². The summed E-state index contributed by atoms with van der Waals surface area (Å²) < 4.78 is 0. The Morgan fingerprint density at radius 2 is 1.76 bits per heavy atom. The third-order valence-electron chi connectivity index (χ3n) is 4.61. The molecule has 0 aliphatic rings. The number of fused-ring (bicyclic) bond motifs is 1. The molecule has 3 rings (SSSR count). The minimum absolute atomic E-state index is 0.0274. The molecule has 0 unspecified atom stereocenters. The number of carboxylic acid groups (broad SMARTS) is 2. The van der Waals surface area contributed by atoms with Gasteiger partial charge in [0.15, 0.2) is 17.0 Å². The number of hydrogen-bond acceptors (Lipinski definition) is 10. The molecule has 0 aliphatic heterocycles. The molecule has 8 N–H and O–H groups in total. The van der Waals surface area contributed by atoms with Crippen molar-refractivity contribution in [1.29, 1.82) is 0 Å². The summed E-state index contributed by atoms with van der Waals surface area (Å²) in [5, 5.41) is 23.4. The number of carbonyl (C=O) groups excluding carboxylic acids is 1. The van der Waals surface area contributed by atoms with Crippen molar-refractivity contribution in [3.05, 3.63) is 41.7 Å². The first-order valence-corrected chi connectivity index (χ1v) is 9.87. The van der Waals surface area contributed by atoms with Gasteiger partial charge in [0.05, 0.1) is 11.9 Å². The molecule has 0 radical (unpaired) electrons. The average molecular weight is 454 g/mol. The molecule has 3 aromatic rings. The standard InChI is InChI=1S/C20H22N8O5/c21-16-15-17(28-20(22)27-16)24-9-12(25-15)7-8-23-11-3-1-10(2-4-11)18(31)26-13(19(32)33)5-6-14(29)30/h1-4,9,13,23H,5-8H2,(H,26,31)(H,29,30)(H,32,33)(H4,21,22,24,27,28)/t13-/m0/s1. The maximum absolute atomic E-state index is 12.3. The van der Waals surface area contributed by atoms with E-state index in [0.29, 0.717) is 29.8 Å². The van der Waals surface area contributed by atoms with Crippen LogP contribution in [0.3, 0.4) is 0 Å². The highest BCUT2D eigenvalue weighted by Gasteiger charge is 2.21. The maximum atomic E-state index is 12.3. The Kier molecular flexibility index (Phi) is 7.13. The summed E-state index contributed by atoms with van der Waals surface area (Å²) in [7, 11) is 0. The van der Waals surface area contributed by atoms with E-state index in [2.05, 4.69) is 30.6 Å². The quantitative estimate of drug-likeness (QED) is 0.243. The Bertz CT molecular complexity index is 1190. The Hall–Kier alpha value is -4.55. The molecule has 33 heavy (non-hydrogen) atoms. The molecule has 0 fully saturated rings. The van der Waals surface area contributed by atoms with Crippen LogP contribution in [0.4, 0.5) is 17.5 Å². The predicted molar refractivity (Wildman–Crippen MR) is 118 cm³/mol. The Balaban J connectivity index is 1.55. The van der Waals surface area contributed by atoms with Crippen molar-refractivity contribution in [1.82, 2.24) is 25.3 Å². The van der Waals surface area contributed by atoms with Crippen LogP contribution in [0.1, 0.15) is 28.9 Å². The second kappa shape index (κ2) is 10.2. The van der Waals surface area contributed by atoms with Crippen LogP contribution in [-0.4, -0.2) is 60.6 Å². The van der Waals surface area contributed by atoms with Gasteiger partial charge in [-0.15, -0.1) is 0 Å². The summed E-state index contributed by atoms with van der Waals surface area (Å²) in [6.07, 6.45) is 1.53. The van der Waals surface area contributed by atoms with Gasteiger partial charge in [-0.1, -0.05) is 0 Å². The van der Waals surface area contributed by atoms with Crippen molar-refractivity contribution in [2.24, 2.45) is 0 Å². The first-order chi connectivity index (χ1) is 15.7. The van der Waals surface area contributed by atoms with E-state index in [-0.39, 0.29) is 30.2 Å². The lowest BCUT2D eigenvalue weighted by Gasteiger charge is -2.14. The van der Waals surface area contributed by atoms with E-state index in [1.165, 1.54) is 12.1 Å². The van der Waals surface area contributed by atoms with Crippen LogP contribution < -0.4 is 22.1 Å². The van der Waals surface area contributed by atoms with Gasteiger partial charge in [0.1, 0.15) is 6.04 Å². The summed E-state index contributed by atoms with van der Waals surface area (Å²) in [6, 6.07) is 5.12. The van der Waals surface area contributed by atoms with Gasteiger partial charge in [-0.2, -0.15) is 9.97 Å². The minimum atomic E-state index is -1.29. The molecule has 1 aromatic carbocycles. The zero-order valence-corrected chi connectivity index (χ0v) is 17.4. The minimum Gasteiger partial charge on any atom is -0.481 e. The largest absolute Gasteiger partial charge is 0.481 e. The predicted octanol–water partition coefficient (Wildman–Crippen LogP) is 0.287. The Morgan fingerprint density at radius 1 is 1.03 bits per heavy atom. The average Bonchev–Trinajstić information content (AvgIpc) is 2.77. The highest BCUT2D eigenvalue weighted by Crippen LogP contribution is 2.15. The van der Waals surface area contributed by atoms with Gasteiger partial charge in [0, 0.05) is 30.6 Å². The van der Waals surface area contributed by atoms with Crippen molar-refractivity contribution >= 4 is 46.5 Å². The lowest BCUT2D eigenvalue weighted by molar-refractivity contribution is -0.140. The molecule has 0 aliphatic carbocycles. The number of amides is 1. The van der Waals surface area contributed by atoms with Gasteiger partial charge < -0.3 is 32.3 Å². The number of rotatable bonds is 10. The Morgan fingerprint density at radius 3 is 2.42 bits per heavy atom. The number of carboxylic acids is 2. The van der Waals surface area contributed by atoms with Crippen LogP contribution >= 0.6 is 0 Å². The van der Waals surface area contributed by atoms with Crippen molar-refractivity contribution < 1.29 is 24.6 Å². The molecule has 0 saturated carbocycles. The first-order valence-electron chi connectivity index (χ1n) is 9.87. The van der Waals surface area contributed by atoms with Crippen molar-refractivity contribution in [2.45, 2.75) is 25.3 Å². The molecular weight excluding hydrogens is 432 g/mol. The van der Waals surface area contributed by atoms with Crippen LogP contribution in [0.15, 0.2) is 30.5 Å². The van der Waals surface area contributed by atoms with Crippen LogP contribution in [0.2, 0.25) is 0 Å². The first kappa shape index (κ1) is 23.1. The van der Waals surface area contributed by atoms with Crippen molar-refractivity contribution in [3.63, 3.8) is 0 Å². The molecule has 1 amide bonds. The summed E-state index contributed by atoms with van der Waals surface area (Å²) in [5.74, 6) is -2.86. The van der Waals surface area contributed by atoms with Crippen molar-refractivity contribution in [2.75, 3.05) is 23.3 Å². The highest BCUT2D eigenvalue weighted by molar-refractivity contribution is 5.97. The lowest BCUT2D eigenvalue weighted by Crippen LogP contribution is -2.41. The van der Waals surface area contributed by atoms with Gasteiger partial charge in [-0.25, -0.2) is 14.8 Å². The number of aliphatic carboxylic acids is 2. The molecule has 0 bridgehead atoms. The van der Waals surface area contributed by atoms with E-state index in [0.717, 1.165) is 5.69 Å². The molecule has 1 atom stereocenters. The summed E-state index contributed by atoms with van der Waals surface area (Å²) in [4.78, 5) is 50.6. The topological polar surface area (TPSA) is 219 Å². The summed E-state index contributed by atoms with van der Waals surface area (Å²) >= 11 is 0. The molecule has 2 heterocycles. The van der Waals surface area contributed by atoms with Gasteiger partial charge in [-0.05, 0) is 30.7 Å². The molecule has 0 spiro atoms. The van der Waals surface area contributed by atoms with Crippen LogP contribution in [-0.2, 0) is 16.0 Å². The summed E-state index contributed by atoms with van der Waals surface area (Å²) in [6.45, 7) is 0.512. The number of carbonyl (C=O) groups is 3. The number of nitrogens with zero attached hydrogens (tertiary/aromatic N) is 4. The van der Waals surface area contributed by atoms with Gasteiger partial charge >= 0.3 is 11.9 Å². The second-order valence-corrected chi connectivity index (χ2v) is 7.05. The summed E-state index contributed by atoms with van der Waals surface area (Å²) in [5.41, 5.74) is 13.7. The third-order valence-corrected chi connectivity index (χ3v) is 4.61. The van der Waals surface area contributed by atoms with E-state index >= 15 is 0 Å². The Labute approximate surface area is 187 Å². The SMILES string of the molecule is Nc1nc(N)c2nc(CCNc3ccc(C(=O)N[C@@H](CCC(=O)O)C(=O)O)cc3)cnc2n1. The third kappa shape index (κ3) is 6.22. The molecule has 13 nitrogen and oxygen atoms in total. The van der Waals surface area contributed by atoms with E-state index in [1.54, 1.807) is 18.3 Å². The number of nitrogens with two attached hydrogens (primary N) is 2. The second-order valence-electron chi connectivity index (χ2n) is 7.05.